The minimum Gasteiger partial charge on any atom is -0.460 e. The van der Waals surface area contributed by atoms with Crippen LogP contribution in [0.5, 0.6) is 0 Å². The minimum absolute atomic E-state index is 0.0898. The number of pyridine rings is 1. The van der Waals surface area contributed by atoms with E-state index in [9.17, 15) is 4.79 Å². The van der Waals surface area contributed by atoms with Crippen LogP contribution in [0.25, 0.3) is 0 Å². The number of ether oxygens (including phenoxy) is 1. The molecule has 2 rings (SSSR count). The van der Waals surface area contributed by atoms with E-state index in [0.29, 0.717) is 24.2 Å². The number of anilines is 1. The van der Waals surface area contributed by atoms with E-state index in [4.69, 9.17) is 10.5 Å². The Morgan fingerprint density at radius 3 is 2.73 bits per heavy atom. The lowest BCUT2D eigenvalue weighted by Crippen LogP contribution is -2.28. The third-order valence-corrected chi connectivity index (χ3v) is 4.24. The molecule has 22 heavy (non-hydrogen) atoms. The number of nitrogen functional groups attached to an aromatic ring is 1. The zero-order chi connectivity index (χ0) is 16.3. The Morgan fingerprint density at radius 1 is 1.36 bits per heavy atom. The summed E-state index contributed by atoms with van der Waals surface area (Å²) in [6.07, 6.45) is 7.23. The molecule has 1 fully saturated rings. The predicted molar refractivity (Wildman–Crippen MR) is 88.4 cm³/mol. The molecule has 0 aliphatic heterocycles. The zero-order valence-electron chi connectivity index (χ0n) is 14.1. The van der Waals surface area contributed by atoms with Gasteiger partial charge in [0, 0.05) is 12.6 Å². The molecule has 0 bridgehead atoms. The molecule has 0 radical (unpaired) electrons. The fourth-order valence-electron chi connectivity index (χ4n) is 3.57. The van der Waals surface area contributed by atoms with Crippen LogP contribution in [-0.2, 0) is 9.53 Å². The summed E-state index contributed by atoms with van der Waals surface area (Å²) in [6, 6.07) is 2.02. The van der Waals surface area contributed by atoms with Crippen LogP contribution in [0.3, 0.4) is 0 Å². The molecule has 0 saturated heterocycles. The molecule has 0 spiro atoms. The van der Waals surface area contributed by atoms with Crippen LogP contribution < -0.4 is 5.73 Å². The molecule has 1 heterocycles. The van der Waals surface area contributed by atoms with Crippen LogP contribution >= 0.6 is 0 Å². The van der Waals surface area contributed by atoms with E-state index in [1.54, 1.807) is 12.4 Å². The average molecular weight is 304 g/mol. The second-order valence-corrected chi connectivity index (χ2v) is 7.67. The van der Waals surface area contributed by atoms with Crippen LogP contribution in [0.15, 0.2) is 18.5 Å². The van der Waals surface area contributed by atoms with Gasteiger partial charge in [-0.3, -0.25) is 9.78 Å². The molecule has 1 saturated carbocycles. The van der Waals surface area contributed by atoms with Crippen molar-refractivity contribution in [2.24, 2.45) is 11.8 Å². The molecule has 122 valence electrons. The van der Waals surface area contributed by atoms with Crippen LogP contribution in [0.2, 0.25) is 0 Å². The summed E-state index contributed by atoms with van der Waals surface area (Å²) in [5.74, 6) is 1.29. The second kappa shape index (κ2) is 6.67. The Kier molecular flexibility index (Phi) is 5.09. The van der Waals surface area contributed by atoms with E-state index < -0.39 is 5.60 Å². The first-order valence-electron chi connectivity index (χ1n) is 8.16. The number of carbonyl (C=O) groups is 1. The third-order valence-electron chi connectivity index (χ3n) is 4.24. The zero-order valence-corrected chi connectivity index (χ0v) is 14.1. The largest absolute Gasteiger partial charge is 0.460 e. The molecule has 2 N–H and O–H groups in total. The molecule has 1 aliphatic carbocycles. The van der Waals surface area contributed by atoms with Crippen molar-refractivity contribution in [1.29, 1.82) is 0 Å². The molecule has 4 heteroatoms. The van der Waals surface area contributed by atoms with Crippen molar-refractivity contribution in [2.45, 2.75) is 64.9 Å². The Morgan fingerprint density at radius 2 is 2.09 bits per heavy atom. The number of nitrogens with zero attached hydrogens (tertiary/aromatic N) is 1. The number of esters is 1. The highest BCUT2D eigenvalue weighted by Gasteiger charge is 2.31. The highest BCUT2D eigenvalue weighted by Crippen LogP contribution is 2.42. The van der Waals surface area contributed by atoms with Crippen molar-refractivity contribution in [3.05, 3.63) is 24.0 Å². The van der Waals surface area contributed by atoms with Gasteiger partial charge in [-0.25, -0.2) is 0 Å². The lowest BCUT2D eigenvalue weighted by molar-refractivity contribution is -0.156. The fraction of sp³-hybridized carbons (Fsp3) is 0.667. The number of nitrogens with two attached hydrogens (primary N) is 1. The lowest BCUT2D eigenvalue weighted by Gasteiger charge is -2.34. The van der Waals surface area contributed by atoms with E-state index in [1.165, 1.54) is 5.56 Å². The van der Waals surface area contributed by atoms with Crippen LogP contribution in [0.4, 0.5) is 5.69 Å². The van der Waals surface area contributed by atoms with Crippen molar-refractivity contribution >= 4 is 11.7 Å². The van der Waals surface area contributed by atoms with Gasteiger partial charge in [-0.2, -0.15) is 0 Å². The highest BCUT2D eigenvalue weighted by molar-refractivity contribution is 5.70. The van der Waals surface area contributed by atoms with Crippen molar-refractivity contribution in [3.8, 4) is 0 Å². The van der Waals surface area contributed by atoms with E-state index in [1.807, 2.05) is 26.8 Å². The second-order valence-electron chi connectivity index (χ2n) is 7.67. The Bertz CT molecular complexity index is 522. The van der Waals surface area contributed by atoms with E-state index in [2.05, 4.69) is 11.9 Å². The number of hydrogen-bond acceptors (Lipinski definition) is 4. The number of carbonyl (C=O) groups excluding carboxylic acids is 1. The number of aromatic nitrogens is 1. The summed E-state index contributed by atoms with van der Waals surface area (Å²) in [5, 5.41) is 0. The van der Waals surface area contributed by atoms with Gasteiger partial charge >= 0.3 is 5.97 Å². The third kappa shape index (κ3) is 4.72. The Labute approximate surface area is 133 Å². The van der Waals surface area contributed by atoms with Gasteiger partial charge in [0.1, 0.15) is 5.60 Å². The maximum atomic E-state index is 12.1. The Balaban J connectivity index is 2.02. The maximum Gasteiger partial charge on any atom is 0.306 e. The van der Waals surface area contributed by atoms with E-state index in [-0.39, 0.29) is 5.97 Å². The quantitative estimate of drug-likeness (QED) is 0.860. The molecular formula is C18H28N2O2. The molecule has 4 nitrogen and oxygen atoms in total. The fourth-order valence-corrected chi connectivity index (χ4v) is 3.57. The normalized spacial score (nSPS) is 25.7. The topological polar surface area (TPSA) is 65.2 Å². The molecule has 1 aromatic heterocycles. The van der Waals surface area contributed by atoms with Crippen LogP contribution in [0.1, 0.15) is 64.9 Å². The highest BCUT2D eigenvalue weighted by atomic mass is 16.6. The minimum atomic E-state index is -0.410. The SMILES string of the molecule is C[C@@H]1CC(c2ccncc2N)C[C@H](CC(=O)OC(C)(C)C)C1. The summed E-state index contributed by atoms with van der Waals surface area (Å²) in [6.45, 7) is 7.99. The molecule has 0 amide bonds. The Hall–Kier alpha value is -1.58. The number of hydrogen-bond donors (Lipinski definition) is 1. The summed E-state index contributed by atoms with van der Waals surface area (Å²) in [5.41, 5.74) is 7.60. The van der Waals surface area contributed by atoms with Gasteiger partial charge in [-0.1, -0.05) is 6.92 Å². The van der Waals surface area contributed by atoms with Gasteiger partial charge < -0.3 is 10.5 Å². The van der Waals surface area contributed by atoms with Gasteiger partial charge in [0.05, 0.1) is 11.9 Å². The van der Waals surface area contributed by atoms with Gasteiger partial charge in [0.25, 0.3) is 0 Å². The first kappa shape index (κ1) is 16.8. The standard InChI is InChI=1S/C18H28N2O2/c1-12-7-13(10-17(21)22-18(2,3)4)9-14(8-12)15-5-6-20-11-16(15)19/h5-6,11-14H,7-10,19H2,1-4H3/t12-,13+,14?/m0/s1. The van der Waals surface area contributed by atoms with Crippen molar-refractivity contribution < 1.29 is 9.53 Å². The molecule has 1 unspecified atom stereocenters. The van der Waals surface area contributed by atoms with Crippen LogP contribution in [-0.4, -0.2) is 16.6 Å². The van der Waals surface area contributed by atoms with Gasteiger partial charge in [-0.15, -0.1) is 0 Å². The summed E-state index contributed by atoms with van der Waals surface area (Å²) < 4.78 is 5.47. The lowest BCUT2D eigenvalue weighted by atomic mass is 9.72. The molecule has 1 aromatic rings. The molecular weight excluding hydrogens is 276 g/mol. The van der Waals surface area contributed by atoms with Gasteiger partial charge in [0.2, 0.25) is 0 Å². The maximum absolute atomic E-state index is 12.1. The molecule has 3 atom stereocenters. The molecule has 1 aliphatic rings. The monoisotopic (exact) mass is 304 g/mol. The molecule has 0 aromatic carbocycles. The van der Waals surface area contributed by atoms with E-state index >= 15 is 0 Å². The van der Waals surface area contributed by atoms with Crippen molar-refractivity contribution in [3.63, 3.8) is 0 Å². The van der Waals surface area contributed by atoms with Gasteiger partial charge in [-0.05, 0) is 69.4 Å². The summed E-state index contributed by atoms with van der Waals surface area (Å²) >= 11 is 0. The first-order chi connectivity index (χ1) is 10.2. The van der Waals surface area contributed by atoms with Crippen LogP contribution in [0, 0.1) is 11.8 Å². The summed E-state index contributed by atoms with van der Waals surface area (Å²) in [7, 11) is 0. The van der Waals surface area contributed by atoms with E-state index in [0.717, 1.165) is 24.9 Å². The first-order valence-corrected chi connectivity index (χ1v) is 8.16. The van der Waals surface area contributed by atoms with Crippen molar-refractivity contribution in [2.75, 3.05) is 5.73 Å². The number of rotatable bonds is 3. The van der Waals surface area contributed by atoms with Crippen molar-refractivity contribution in [1.82, 2.24) is 4.98 Å². The van der Waals surface area contributed by atoms with Gasteiger partial charge in [0.15, 0.2) is 0 Å². The predicted octanol–water partition coefficient (Wildman–Crippen LogP) is 3.92. The summed E-state index contributed by atoms with van der Waals surface area (Å²) in [4.78, 5) is 16.2. The smallest absolute Gasteiger partial charge is 0.306 e. The average Bonchev–Trinajstić information content (AvgIpc) is 2.35.